The van der Waals surface area contributed by atoms with Crippen molar-refractivity contribution >= 4 is 17.9 Å². The van der Waals surface area contributed by atoms with Gasteiger partial charge in [0.25, 0.3) is 5.91 Å². The van der Waals surface area contributed by atoms with Crippen LogP contribution in [-0.4, -0.2) is 12.2 Å². The zero-order chi connectivity index (χ0) is 10.4. The number of nitrogens with one attached hydrogen (secondary N) is 1. The van der Waals surface area contributed by atoms with Gasteiger partial charge in [0.1, 0.15) is 0 Å². The molecule has 0 atom stereocenters. The number of amides is 1. The van der Waals surface area contributed by atoms with Crippen LogP contribution >= 0.6 is 0 Å². The fraction of sp³-hybridized carbons (Fsp3) is 0. The minimum absolute atomic E-state index is 0.353. The summed E-state index contributed by atoms with van der Waals surface area (Å²) in [5.74, 6) is -0.353. The number of carbonyl (C=O) groups excluding carboxylic acids is 2. The van der Waals surface area contributed by atoms with Crippen LogP contribution in [0.15, 0.2) is 42.7 Å². The molecular formula is C11H9NO2. The molecule has 1 aromatic rings. The molecule has 0 aliphatic heterocycles. The summed E-state index contributed by atoms with van der Waals surface area (Å²) < 4.78 is 0. The molecule has 0 aliphatic rings. The van der Waals surface area contributed by atoms with Gasteiger partial charge in [-0.25, -0.2) is 0 Å². The van der Waals surface area contributed by atoms with Gasteiger partial charge in [-0.2, -0.15) is 0 Å². The minimum atomic E-state index is -0.353. The molecule has 1 rings (SSSR count). The van der Waals surface area contributed by atoms with Crippen LogP contribution in [0.25, 0.3) is 0 Å². The highest BCUT2D eigenvalue weighted by atomic mass is 16.1. The second kappa shape index (κ2) is 4.80. The molecule has 0 unspecified atom stereocenters. The van der Waals surface area contributed by atoms with E-state index in [0.717, 1.165) is 0 Å². The molecule has 0 aromatic heterocycles. The first-order valence-corrected chi connectivity index (χ1v) is 3.99. The molecule has 0 aliphatic carbocycles. The number of rotatable bonds is 3. The van der Waals surface area contributed by atoms with Crippen LogP contribution < -0.4 is 5.32 Å². The van der Waals surface area contributed by atoms with Crippen LogP contribution in [-0.2, 0) is 4.79 Å². The van der Waals surface area contributed by atoms with Crippen molar-refractivity contribution in [1.82, 2.24) is 0 Å². The lowest BCUT2D eigenvalue weighted by Gasteiger charge is -2.03. The Hall–Kier alpha value is -2.12. The Labute approximate surface area is 81.7 Å². The maximum atomic E-state index is 11.1. The standard InChI is InChI=1S/C11H9NO2/c1-2-5-11(14)12-10-7-4-3-6-9(10)8-13/h3-8H,1H2,(H,12,14). The molecule has 0 fully saturated rings. The average molecular weight is 187 g/mol. The number of anilines is 1. The molecule has 3 heteroatoms. The average Bonchev–Trinajstić information content (AvgIpc) is 2.19. The van der Waals surface area contributed by atoms with Crippen LogP contribution in [0.4, 0.5) is 5.69 Å². The van der Waals surface area contributed by atoms with E-state index < -0.39 is 0 Å². The third-order valence-corrected chi connectivity index (χ3v) is 1.58. The molecule has 0 saturated heterocycles. The number of carbonyl (C=O) groups is 2. The van der Waals surface area contributed by atoms with Gasteiger partial charge in [0.2, 0.25) is 0 Å². The molecule has 1 aromatic carbocycles. The highest BCUT2D eigenvalue weighted by molar-refractivity contribution is 6.02. The largest absolute Gasteiger partial charge is 0.321 e. The van der Waals surface area contributed by atoms with Crippen molar-refractivity contribution in [3.05, 3.63) is 48.2 Å². The second-order valence-electron chi connectivity index (χ2n) is 2.54. The van der Waals surface area contributed by atoms with Gasteiger partial charge in [-0.1, -0.05) is 18.7 Å². The van der Waals surface area contributed by atoms with Gasteiger partial charge in [0.15, 0.2) is 6.29 Å². The summed E-state index contributed by atoms with van der Waals surface area (Å²) in [5, 5.41) is 2.53. The third kappa shape index (κ3) is 2.44. The maximum absolute atomic E-state index is 11.1. The van der Waals surface area contributed by atoms with Crippen molar-refractivity contribution in [2.45, 2.75) is 0 Å². The SMILES string of the molecule is C=C=CC(=O)Nc1ccccc1C=O. The summed E-state index contributed by atoms with van der Waals surface area (Å²) in [5.41, 5.74) is 3.28. The summed E-state index contributed by atoms with van der Waals surface area (Å²) >= 11 is 0. The van der Waals surface area contributed by atoms with Crippen LogP contribution in [0.2, 0.25) is 0 Å². The van der Waals surface area contributed by atoms with E-state index in [1.165, 1.54) is 6.08 Å². The van der Waals surface area contributed by atoms with Gasteiger partial charge in [-0.3, -0.25) is 9.59 Å². The summed E-state index contributed by atoms with van der Waals surface area (Å²) in [4.78, 5) is 21.7. The third-order valence-electron chi connectivity index (χ3n) is 1.58. The summed E-state index contributed by atoms with van der Waals surface area (Å²) in [6, 6.07) is 6.74. The van der Waals surface area contributed by atoms with E-state index in [1.807, 2.05) is 0 Å². The van der Waals surface area contributed by atoms with Gasteiger partial charge in [0.05, 0.1) is 5.69 Å². The summed E-state index contributed by atoms with van der Waals surface area (Å²) in [7, 11) is 0. The van der Waals surface area contributed by atoms with Crippen LogP contribution in [0.5, 0.6) is 0 Å². The highest BCUT2D eigenvalue weighted by Gasteiger charge is 2.01. The second-order valence-corrected chi connectivity index (χ2v) is 2.54. The first-order chi connectivity index (χ1) is 6.77. The van der Waals surface area contributed by atoms with Gasteiger partial charge in [0, 0.05) is 11.6 Å². The van der Waals surface area contributed by atoms with Crippen molar-refractivity contribution in [2.75, 3.05) is 5.32 Å². The topological polar surface area (TPSA) is 46.2 Å². The lowest BCUT2D eigenvalue weighted by molar-refractivity contribution is -0.111. The normalized spacial score (nSPS) is 8.57. The molecule has 0 bridgehead atoms. The molecule has 70 valence electrons. The smallest absolute Gasteiger partial charge is 0.256 e. The predicted molar refractivity (Wildman–Crippen MR) is 54.2 cm³/mol. The molecule has 0 heterocycles. The quantitative estimate of drug-likeness (QED) is 0.445. The van der Waals surface area contributed by atoms with E-state index in [4.69, 9.17) is 0 Å². The Morgan fingerprint density at radius 1 is 1.43 bits per heavy atom. The number of hydrogen-bond donors (Lipinski definition) is 1. The van der Waals surface area contributed by atoms with E-state index in [9.17, 15) is 9.59 Å². The van der Waals surface area contributed by atoms with Gasteiger partial charge in [-0.15, -0.1) is 5.73 Å². The number of aldehydes is 1. The Bertz CT molecular complexity index is 404. The van der Waals surface area contributed by atoms with Crippen LogP contribution in [0, 0.1) is 0 Å². The van der Waals surface area contributed by atoms with E-state index in [2.05, 4.69) is 17.6 Å². The van der Waals surface area contributed by atoms with E-state index in [-0.39, 0.29) is 5.91 Å². The van der Waals surface area contributed by atoms with E-state index >= 15 is 0 Å². The van der Waals surface area contributed by atoms with Gasteiger partial charge < -0.3 is 5.32 Å². The van der Waals surface area contributed by atoms with Crippen LogP contribution in [0.3, 0.4) is 0 Å². The fourth-order valence-corrected chi connectivity index (χ4v) is 0.975. The predicted octanol–water partition coefficient (Wildman–Crippen LogP) is 1.78. The summed E-state index contributed by atoms with van der Waals surface area (Å²) in [6.07, 6.45) is 1.86. The zero-order valence-corrected chi connectivity index (χ0v) is 7.49. The Morgan fingerprint density at radius 3 is 2.79 bits per heavy atom. The molecule has 3 nitrogen and oxygen atoms in total. The first kappa shape index (κ1) is 9.96. The molecule has 0 spiro atoms. The lowest BCUT2D eigenvalue weighted by atomic mass is 10.2. The van der Waals surface area contributed by atoms with Crippen molar-refractivity contribution < 1.29 is 9.59 Å². The van der Waals surface area contributed by atoms with Crippen molar-refractivity contribution in [1.29, 1.82) is 0 Å². The Balaban J connectivity index is 2.90. The van der Waals surface area contributed by atoms with Gasteiger partial charge in [-0.05, 0) is 12.1 Å². The molecule has 0 saturated carbocycles. The molecular weight excluding hydrogens is 178 g/mol. The van der Waals surface area contributed by atoms with E-state index in [1.54, 1.807) is 24.3 Å². The number of para-hydroxylation sites is 1. The first-order valence-electron chi connectivity index (χ1n) is 3.99. The van der Waals surface area contributed by atoms with Crippen molar-refractivity contribution in [3.63, 3.8) is 0 Å². The number of hydrogen-bond acceptors (Lipinski definition) is 2. The molecule has 1 N–H and O–H groups in total. The maximum Gasteiger partial charge on any atom is 0.256 e. The monoisotopic (exact) mass is 187 g/mol. The van der Waals surface area contributed by atoms with E-state index in [0.29, 0.717) is 17.5 Å². The van der Waals surface area contributed by atoms with Crippen molar-refractivity contribution in [2.24, 2.45) is 0 Å². The molecule has 1 amide bonds. The minimum Gasteiger partial charge on any atom is -0.321 e. The Kier molecular flexibility index (Phi) is 3.41. The van der Waals surface area contributed by atoms with Crippen LogP contribution in [0.1, 0.15) is 10.4 Å². The zero-order valence-electron chi connectivity index (χ0n) is 7.49. The molecule has 14 heavy (non-hydrogen) atoms. The fourth-order valence-electron chi connectivity index (χ4n) is 0.975. The number of benzene rings is 1. The van der Waals surface area contributed by atoms with Gasteiger partial charge >= 0.3 is 0 Å². The summed E-state index contributed by atoms with van der Waals surface area (Å²) in [6.45, 7) is 3.27. The van der Waals surface area contributed by atoms with Crippen molar-refractivity contribution in [3.8, 4) is 0 Å². The highest BCUT2D eigenvalue weighted by Crippen LogP contribution is 2.11. The molecule has 0 radical (unpaired) electrons. The lowest BCUT2D eigenvalue weighted by Crippen LogP contribution is -2.09. The Morgan fingerprint density at radius 2 is 2.14 bits per heavy atom.